The summed E-state index contributed by atoms with van der Waals surface area (Å²) in [4.78, 5) is 12.0. The second-order valence-corrected chi connectivity index (χ2v) is 9.73. The molecule has 2 N–H and O–H groups in total. The van der Waals surface area contributed by atoms with E-state index in [4.69, 9.17) is 20.8 Å². The number of benzene rings is 3. The zero-order chi connectivity index (χ0) is 25.2. The number of fused-ring (bicyclic) bond motifs is 1. The third-order valence-electron chi connectivity index (χ3n) is 7.17. The van der Waals surface area contributed by atoms with E-state index in [0.29, 0.717) is 46.5 Å². The summed E-state index contributed by atoms with van der Waals surface area (Å²) in [6.07, 6.45) is 3.22. The van der Waals surface area contributed by atoms with Crippen molar-refractivity contribution in [3.05, 3.63) is 102 Å². The van der Waals surface area contributed by atoms with E-state index >= 15 is 0 Å². The third kappa shape index (κ3) is 4.89. The summed E-state index contributed by atoms with van der Waals surface area (Å²) in [7, 11) is 0. The number of hydrogen-bond donors (Lipinski definition) is 1. The van der Waals surface area contributed by atoms with Crippen LogP contribution in [0.25, 0.3) is 22.3 Å². The molecule has 6 nitrogen and oxygen atoms in total. The predicted octanol–water partition coefficient (Wildman–Crippen LogP) is 5.72. The lowest BCUT2D eigenvalue weighted by molar-refractivity contribution is 0.401. The maximum Gasteiger partial charge on any atom is 0.228 e. The third-order valence-corrected chi connectivity index (χ3v) is 7.17. The summed E-state index contributed by atoms with van der Waals surface area (Å²) in [6.45, 7) is 2.25. The molecule has 3 aromatic carbocycles. The summed E-state index contributed by atoms with van der Waals surface area (Å²) < 4.78 is 16.0. The fourth-order valence-electron chi connectivity index (χ4n) is 5.19. The van der Waals surface area contributed by atoms with Crippen LogP contribution in [-0.4, -0.2) is 32.8 Å². The van der Waals surface area contributed by atoms with Crippen LogP contribution in [-0.2, 0) is 13.0 Å². The number of piperidine rings is 1. The maximum absolute atomic E-state index is 14.2. The smallest absolute Gasteiger partial charge is 0.228 e. The first kappa shape index (κ1) is 23.2. The molecule has 37 heavy (non-hydrogen) atoms. The lowest BCUT2D eigenvalue weighted by Crippen LogP contribution is -2.35. The van der Waals surface area contributed by atoms with Crippen LogP contribution in [0.15, 0.2) is 84.9 Å². The summed E-state index contributed by atoms with van der Waals surface area (Å²) in [5.74, 6) is 1.41. The van der Waals surface area contributed by atoms with Gasteiger partial charge in [-0.3, -0.25) is 0 Å². The second-order valence-electron chi connectivity index (χ2n) is 9.73. The van der Waals surface area contributed by atoms with Crippen LogP contribution >= 0.6 is 0 Å². The quantitative estimate of drug-likeness (QED) is 0.328. The number of rotatable bonds is 6. The predicted molar refractivity (Wildman–Crippen MR) is 146 cm³/mol. The van der Waals surface area contributed by atoms with Crippen LogP contribution in [0.1, 0.15) is 24.0 Å². The highest BCUT2D eigenvalue weighted by Crippen LogP contribution is 2.34. The van der Waals surface area contributed by atoms with Crippen molar-refractivity contribution in [2.24, 2.45) is 5.92 Å². The van der Waals surface area contributed by atoms with E-state index in [1.54, 1.807) is 10.7 Å². The molecule has 6 rings (SSSR count). The van der Waals surface area contributed by atoms with Gasteiger partial charge in [-0.25, -0.2) is 14.1 Å². The van der Waals surface area contributed by atoms with Crippen LogP contribution in [0.5, 0.6) is 0 Å². The molecule has 0 spiro atoms. The van der Waals surface area contributed by atoms with Gasteiger partial charge in [0.15, 0.2) is 5.65 Å². The number of anilines is 2. The average Bonchev–Trinajstić information content (AvgIpc) is 3.24. The number of nitrogens with two attached hydrogens (primary N) is 1. The zero-order valence-electron chi connectivity index (χ0n) is 20.6. The monoisotopic (exact) mass is 492 g/mol. The van der Waals surface area contributed by atoms with Gasteiger partial charge in [-0.1, -0.05) is 72.8 Å². The molecule has 7 heteroatoms. The molecule has 0 bridgehead atoms. The van der Waals surface area contributed by atoms with Crippen molar-refractivity contribution in [3.63, 3.8) is 0 Å². The summed E-state index contributed by atoms with van der Waals surface area (Å²) in [6, 6.07) is 27.2. The van der Waals surface area contributed by atoms with E-state index in [2.05, 4.69) is 35.2 Å². The molecular formula is C30H29FN6. The molecule has 1 saturated heterocycles. The Labute approximate surface area is 215 Å². The number of nitrogens with zero attached hydrogens (tertiary/aromatic N) is 5. The first-order valence-corrected chi connectivity index (χ1v) is 12.8. The molecule has 1 aliphatic rings. The average molecular weight is 493 g/mol. The molecule has 0 atom stereocenters. The van der Waals surface area contributed by atoms with Gasteiger partial charge in [-0.05, 0) is 48.4 Å². The lowest BCUT2D eigenvalue weighted by atomic mass is 9.90. The van der Waals surface area contributed by atoms with Gasteiger partial charge >= 0.3 is 0 Å². The van der Waals surface area contributed by atoms with Crippen molar-refractivity contribution in [2.45, 2.75) is 25.8 Å². The van der Waals surface area contributed by atoms with E-state index in [-0.39, 0.29) is 5.82 Å². The van der Waals surface area contributed by atoms with Gasteiger partial charge in [-0.2, -0.15) is 4.98 Å². The Hall–Kier alpha value is -4.26. The first-order chi connectivity index (χ1) is 18.1. The van der Waals surface area contributed by atoms with Crippen LogP contribution < -0.4 is 10.6 Å². The summed E-state index contributed by atoms with van der Waals surface area (Å²) in [5.41, 5.74) is 10.9. The normalized spacial score (nSPS) is 14.4. The second kappa shape index (κ2) is 10.0. The minimum atomic E-state index is -0.317. The number of nitrogen functional groups attached to an aromatic ring is 1. The number of halogens is 1. The number of hydrogen-bond acceptors (Lipinski definition) is 5. The molecule has 5 aromatic rings. The molecule has 0 amide bonds. The van der Waals surface area contributed by atoms with Gasteiger partial charge in [0.1, 0.15) is 11.6 Å². The topological polar surface area (TPSA) is 72.9 Å². The Morgan fingerprint density at radius 3 is 2.24 bits per heavy atom. The minimum Gasteiger partial charge on any atom is -0.383 e. The van der Waals surface area contributed by atoms with Crippen molar-refractivity contribution in [3.8, 4) is 11.3 Å². The van der Waals surface area contributed by atoms with E-state index in [1.165, 1.54) is 17.7 Å². The van der Waals surface area contributed by atoms with Crippen molar-refractivity contribution < 1.29 is 4.39 Å². The summed E-state index contributed by atoms with van der Waals surface area (Å²) in [5, 5.41) is 5.42. The van der Waals surface area contributed by atoms with E-state index < -0.39 is 0 Å². The Kier molecular flexibility index (Phi) is 6.26. The van der Waals surface area contributed by atoms with Crippen molar-refractivity contribution in [1.29, 1.82) is 0 Å². The molecule has 3 heterocycles. The van der Waals surface area contributed by atoms with Crippen LogP contribution in [0.2, 0.25) is 0 Å². The molecule has 1 fully saturated rings. The van der Waals surface area contributed by atoms with Crippen molar-refractivity contribution >= 4 is 22.8 Å². The molecular weight excluding hydrogens is 463 g/mol. The Morgan fingerprint density at radius 1 is 0.838 bits per heavy atom. The van der Waals surface area contributed by atoms with Crippen LogP contribution in [0.3, 0.4) is 0 Å². The van der Waals surface area contributed by atoms with Gasteiger partial charge in [0.05, 0.1) is 17.6 Å². The molecule has 0 unspecified atom stereocenters. The van der Waals surface area contributed by atoms with Crippen molar-refractivity contribution in [2.75, 3.05) is 23.7 Å². The molecule has 2 aromatic heterocycles. The number of aromatic nitrogens is 4. The molecule has 0 saturated carbocycles. The van der Waals surface area contributed by atoms with Gasteiger partial charge in [-0.15, -0.1) is 5.10 Å². The Balaban J connectivity index is 1.34. The zero-order valence-corrected chi connectivity index (χ0v) is 20.6. The summed E-state index contributed by atoms with van der Waals surface area (Å²) >= 11 is 0. The highest BCUT2D eigenvalue weighted by Gasteiger charge is 2.25. The lowest BCUT2D eigenvalue weighted by Gasteiger charge is -2.32. The first-order valence-electron chi connectivity index (χ1n) is 12.8. The standard InChI is InChI=1S/C30H29FN6/c31-25-13-7-12-24(19-25)27-26-28(32)37(20-23-10-5-2-6-11-23)35-29(26)34-30(33-27)36-16-14-22(15-17-36)18-21-8-3-1-4-9-21/h1-13,19,22H,14-18,20,32H2. The van der Waals surface area contributed by atoms with E-state index in [9.17, 15) is 4.39 Å². The molecule has 186 valence electrons. The largest absolute Gasteiger partial charge is 0.383 e. The van der Waals surface area contributed by atoms with Crippen LogP contribution in [0.4, 0.5) is 16.2 Å². The van der Waals surface area contributed by atoms with Gasteiger partial charge < -0.3 is 10.6 Å². The minimum absolute atomic E-state index is 0.317. The fourth-order valence-corrected chi connectivity index (χ4v) is 5.19. The van der Waals surface area contributed by atoms with Gasteiger partial charge in [0.2, 0.25) is 5.95 Å². The highest BCUT2D eigenvalue weighted by molar-refractivity contribution is 5.99. The van der Waals surface area contributed by atoms with E-state index in [0.717, 1.165) is 37.9 Å². The molecule has 0 radical (unpaired) electrons. The van der Waals surface area contributed by atoms with Gasteiger partial charge in [0.25, 0.3) is 0 Å². The van der Waals surface area contributed by atoms with E-state index in [1.807, 2.05) is 36.4 Å². The highest BCUT2D eigenvalue weighted by atomic mass is 19.1. The maximum atomic E-state index is 14.2. The van der Waals surface area contributed by atoms with Crippen LogP contribution in [0, 0.1) is 11.7 Å². The van der Waals surface area contributed by atoms with Gasteiger partial charge in [0, 0.05) is 18.7 Å². The molecule has 0 aliphatic carbocycles. The van der Waals surface area contributed by atoms with Crippen molar-refractivity contribution in [1.82, 2.24) is 19.7 Å². The Morgan fingerprint density at radius 2 is 1.54 bits per heavy atom. The SMILES string of the molecule is Nc1c2c(-c3cccc(F)c3)nc(N3CCC(Cc4ccccc4)CC3)nc2nn1Cc1ccccc1. The fraction of sp³-hybridized carbons (Fsp3) is 0.233. The molecule has 1 aliphatic heterocycles. The Bertz CT molecular complexity index is 1510.